The van der Waals surface area contributed by atoms with Gasteiger partial charge in [0.1, 0.15) is 12.4 Å². The molecule has 2 rings (SSSR count). The maximum atomic E-state index is 8.78. The molecular weight excluding hydrogens is 242 g/mol. The van der Waals surface area contributed by atoms with Crippen molar-refractivity contribution in [1.82, 2.24) is 4.90 Å². The van der Waals surface area contributed by atoms with Crippen molar-refractivity contribution in [2.24, 2.45) is 10.9 Å². The second kappa shape index (κ2) is 5.93. The highest BCUT2D eigenvalue weighted by Gasteiger charge is 2.25. The van der Waals surface area contributed by atoms with Gasteiger partial charge in [0, 0.05) is 12.6 Å². The summed E-state index contributed by atoms with van der Waals surface area (Å²) in [7, 11) is 2.11. The lowest BCUT2D eigenvalue weighted by Crippen LogP contribution is -2.26. The van der Waals surface area contributed by atoms with E-state index in [0.717, 1.165) is 18.2 Å². The third kappa shape index (κ3) is 3.61. The van der Waals surface area contributed by atoms with E-state index in [4.69, 9.17) is 15.7 Å². The summed E-state index contributed by atoms with van der Waals surface area (Å²) < 4.78 is 5.78. The van der Waals surface area contributed by atoms with Gasteiger partial charge in [0.15, 0.2) is 5.84 Å². The van der Waals surface area contributed by atoms with Crippen molar-refractivity contribution in [2.75, 3.05) is 20.2 Å². The van der Waals surface area contributed by atoms with Crippen molar-refractivity contribution in [1.29, 1.82) is 0 Å². The zero-order valence-electron chi connectivity index (χ0n) is 11.5. The molecule has 0 spiro atoms. The zero-order chi connectivity index (χ0) is 13.8. The molecule has 0 unspecified atom stereocenters. The number of benzene rings is 1. The molecule has 0 saturated heterocycles. The van der Waals surface area contributed by atoms with E-state index in [1.165, 1.54) is 12.8 Å². The van der Waals surface area contributed by atoms with Crippen molar-refractivity contribution >= 4 is 5.84 Å². The third-order valence-corrected chi connectivity index (χ3v) is 3.39. The van der Waals surface area contributed by atoms with E-state index in [0.29, 0.717) is 17.9 Å². The molecule has 1 fully saturated rings. The number of oxime groups is 1. The summed E-state index contributed by atoms with van der Waals surface area (Å²) in [5.41, 5.74) is 7.35. The highest BCUT2D eigenvalue weighted by Crippen LogP contribution is 2.25. The SMILES string of the molecule is Cc1ccc(/C(N)=N/O)c(OCCN(C)C2CC2)c1. The first-order valence-electron chi connectivity index (χ1n) is 6.53. The fraction of sp³-hybridized carbons (Fsp3) is 0.500. The fourth-order valence-electron chi connectivity index (χ4n) is 2.01. The molecule has 5 nitrogen and oxygen atoms in total. The first-order chi connectivity index (χ1) is 9.11. The van der Waals surface area contributed by atoms with Gasteiger partial charge in [0.2, 0.25) is 0 Å². The van der Waals surface area contributed by atoms with E-state index in [9.17, 15) is 0 Å². The Kier molecular flexibility index (Phi) is 4.27. The van der Waals surface area contributed by atoms with Gasteiger partial charge in [-0.05, 0) is 44.5 Å². The van der Waals surface area contributed by atoms with Crippen LogP contribution in [-0.4, -0.2) is 42.2 Å². The van der Waals surface area contributed by atoms with Gasteiger partial charge in [-0.25, -0.2) is 0 Å². The van der Waals surface area contributed by atoms with Crippen LogP contribution in [0.4, 0.5) is 0 Å². The molecule has 0 bridgehead atoms. The van der Waals surface area contributed by atoms with Crippen LogP contribution >= 0.6 is 0 Å². The fourth-order valence-corrected chi connectivity index (χ4v) is 2.01. The molecule has 0 amide bonds. The monoisotopic (exact) mass is 263 g/mol. The number of likely N-dealkylation sites (N-methyl/N-ethyl adjacent to an activating group) is 1. The maximum absolute atomic E-state index is 8.78. The Bertz CT molecular complexity index is 470. The summed E-state index contributed by atoms with van der Waals surface area (Å²) in [5, 5.41) is 11.8. The van der Waals surface area contributed by atoms with Crippen LogP contribution in [0.5, 0.6) is 5.75 Å². The molecule has 1 saturated carbocycles. The Labute approximate surface area is 113 Å². The van der Waals surface area contributed by atoms with Gasteiger partial charge < -0.3 is 20.6 Å². The van der Waals surface area contributed by atoms with Crippen LogP contribution < -0.4 is 10.5 Å². The van der Waals surface area contributed by atoms with Crippen LogP contribution in [0.1, 0.15) is 24.0 Å². The third-order valence-electron chi connectivity index (χ3n) is 3.39. The van der Waals surface area contributed by atoms with Crippen LogP contribution in [0.3, 0.4) is 0 Å². The Hall–Kier alpha value is -1.75. The number of aryl methyl sites for hydroxylation is 1. The van der Waals surface area contributed by atoms with Gasteiger partial charge in [-0.2, -0.15) is 0 Å². The average molecular weight is 263 g/mol. The Morgan fingerprint density at radius 3 is 2.89 bits per heavy atom. The second-order valence-corrected chi connectivity index (χ2v) is 5.05. The maximum Gasteiger partial charge on any atom is 0.173 e. The molecule has 0 aliphatic heterocycles. The molecule has 1 aromatic rings. The molecule has 0 radical (unpaired) electrons. The predicted octanol–water partition coefficient (Wildman–Crippen LogP) is 1.56. The number of rotatable bonds is 6. The highest BCUT2D eigenvalue weighted by atomic mass is 16.5. The van der Waals surface area contributed by atoms with Crippen molar-refractivity contribution in [3.63, 3.8) is 0 Å². The second-order valence-electron chi connectivity index (χ2n) is 5.05. The van der Waals surface area contributed by atoms with Gasteiger partial charge in [0.05, 0.1) is 5.56 Å². The Morgan fingerprint density at radius 2 is 2.26 bits per heavy atom. The summed E-state index contributed by atoms with van der Waals surface area (Å²) >= 11 is 0. The van der Waals surface area contributed by atoms with Gasteiger partial charge in [-0.3, -0.25) is 0 Å². The number of hydrogen-bond donors (Lipinski definition) is 2. The smallest absolute Gasteiger partial charge is 0.173 e. The molecule has 3 N–H and O–H groups in total. The van der Waals surface area contributed by atoms with Crippen LogP contribution in [-0.2, 0) is 0 Å². The topological polar surface area (TPSA) is 71.1 Å². The Balaban J connectivity index is 1.99. The predicted molar refractivity (Wildman–Crippen MR) is 74.8 cm³/mol. The lowest BCUT2D eigenvalue weighted by molar-refractivity contribution is 0.231. The quantitative estimate of drug-likeness (QED) is 0.354. The molecule has 1 aliphatic carbocycles. The summed E-state index contributed by atoms with van der Waals surface area (Å²) in [6, 6.07) is 6.36. The standard InChI is InChI=1S/C14H21N3O2/c1-10-3-6-12(14(15)16-18)13(9-10)19-8-7-17(2)11-4-5-11/h3,6,9,11,18H,4-5,7-8H2,1-2H3,(H2,15,16). The average Bonchev–Trinajstić information content (AvgIpc) is 3.22. The summed E-state index contributed by atoms with van der Waals surface area (Å²) in [6.07, 6.45) is 2.58. The minimum absolute atomic E-state index is 0.0746. The molecule has 19 heavy (non-hydrogen) atoms. The van der Waals surface area contributed by atoms with Crippen LogP contribution in [0.2, 0.25) is 0 Å². The van der Waals surface area contributed by atoms with E-state index in [1.807, 2.05) is 25.1 Å². The largest absolute Gasteiger partial charge is 0.491 e. The molecule has 0 heterocycles. The summed E-state index contributed by atoms with van der Waals surface area (Å²) in [4.78, 5) is 2.30. The first-order valence-corrected chi connectivity index (χ1v) is 6.53. The number of amidine groups is 1. The van der Waals surface area contributed by atoms with Crippen molar-refractivity contribution in [3.8, 4) is 5.75 Å². The lowest BCUT2D eigenvalue weighted by atomic mass is 10.1. The molecule has 104 valence electrons. The van der Waals surface area contributed by atoms with Crippen molar-refractivity contribution < 1.29 is 9.94 Å². The molecular formula is C14H21N3O2. The van der Waals surface area contributed by atoms with Crippen LogP contribution in [0.15, 0.2) is 23.4 Å². The normalized spacial score (nSPS) is 15.8. The Morgan fingerprint density at radius 1 is 1.53 bits per heavy atom. The van der Waals surface area contributed by atoms with Gasteiger partial charge in [-0.1, -0.05) is 11.2 Å². The molecule has 5 heteroatoms. The van der Waals surface area contributed by atoms with Gasteiger partial charge >= 0.3 is 0 Å². The molecule has 1 aliphatic rings. The van der Waals surface area contributed by atoms with E-state index in [-0.39, 0.29) is 5.84 Å². The minimum atomic E-state index is 0.0746. The number of nitrogens with zero attached hydrogens (tertiary/aromatic N) is 2. The van der Waals surface area contributed by atoms with Gasteiger partial charge in [-0.15, -0.1) is 0 Å². The van der Waals surface area contributed by atoms with Crippen LogP contribution in [0, 0.1) is 6.92 Å². The van der Waals surface area contributed by atoms with Crippen LogP contribution in [0.25, 0.3) is 0 Å². The zero-order valence-corrected chi connectivity index (χ0v) is 11.5. The first kappa shape index (κ1) is 13.7. The number of ether oxygens (including phenoxy) is 1. The molecule has 0 aromatic heterocycles. The van der Waals surface area contributed by atoms with E-state index in [2.05, 4.69) is 17.1 Å². The lowest BCUT2D eigenvalue weighted by Gasteiger charge is -2.17. The summed E-state index contributed by atoms with van der Waals surface area (Å²) in [6.45, 7) is 3.47. The molecule has 0 atom stereocenters. The van der Waals surface area contributed by atoms with Crippen molar-refractivity contribution in [3.05, 3.63) is 29.3 Å². The van der Waals surface area contributed by atoms with E-state index < -0.39 is 0 Å². The summed E-state index contributed by atoms with van der Waals surface area (Å²) in [5.74, 6) is 0.741. The van der Waals surface area contributed by atoms with Crippen molar-refractivity contribution in [2.45, 2.75) is 25.8 Å². The van der Waals surface area contributed by atoms with E-state index >= 15 is 0 Å². The van der Waals surface area contributed by atoms with Gasteiger partial charge in [0.25, 0.3) is 0 Å². The molecule has 1 aromatic carbocycles. The number of nitrogens with two attached hydrogens (primary N) is 1. The highest BCUT2D eigenvalue weighted by molar-refractivity contribution is 5.99. The minimum Gasteiger partial charge on any atom is -0.491 e. The van der Waals surface area contributed by atoms with E-state index in [1.54, 1.807) is 0 Å². The number of hydrogen-bond acceptors (Lipinski definition) is 4.